The highest BCUT2D eigenvalue weighted by molar-refractivity contribution is 4.90. The van der Waals surface area contributed by atoms with E-state index in [0.29, 0.717) is 5.92 Å². The van der Waals surface area contributed by atoms with Crippen LogP contribution in [0.25, 0.3) is 0 Å². The Bertz CT molecular complexity index is 220. The van der Waals surface area contributed by atoms with Gasteiger partial charge in [0.2, 0.25) is 0 Å². The van der Waals surface area contributed by atoms with Gasteiger partial charge < -0.3 is 0 Å². The Morgan fingerprint density at radius 2 is 2.46 bits per heavy atom. The average molecular weight is 183 g/mol. The van der Waals surface area contributed by atoms with Crippen LogP contribution in [0.4, 0.5) is 0 Å². The predicted octanol–water partition coefficient (Wildman–Crippen LogP) is 0.745. The molecule has 0 amide bonds. The minimum Gasteiger partial charge on any atom is -0.271 e. The van der Waals surface area contributed by atoms with Crippen molar-refractivity contribution in [3.63, 3.8) is 0 Å². The molecule has 0 aliphatic heterocycles. The SMILES string of the molecule is CCC(C)CC(NN)c1ncn[nH]1. The van der Waals surface area contributed by atoms with Crippen LogP contribution >= 0.6 is 0 Å². The summed E-state index contributed by atoms with van der Waals surface area (Å²) in [6.07, 6.45) is 3.62. The molecule has 0 saturated heterocycles. The lowest BCUT2D eigenvalue weighted by Crippen LogP contribution is -2.30. The molecule has 1 rings (SSSR count). The zero-order valence-corrected chi connectivity index (χ0v) is 8.12. The zero-order valence-electron chi connectivity index (χ0n) is 8.12. The molecule has 2 unspecified atom stereocenters. The summed E-state index contributed by atoms with van der Waals surface area (Å²) in [7, 11) is 0. The first-order valence-corrected chi connectivity index (χ1v) is 4.59. The van der Waals surface area contributed by atoms with Crippen molar-refractivity contribution in [3.8, 4) is 0 Å². The molecule has 0 aromatic carbocycles. The number of hydrogen-bond acceptors (Lipinski definition) is 4. The second-order valence-corrected chi connectivity index (χ2v) is 3.34. The molecule has 0 aliphatic rings. The van der Waals surface area contributed by atoms with E-state index in [9.17, 15) is 0 Å². The van der Waals surface area contributed by atoms with Gasteiger partial charge in [-0.15, -0.1) is 0 Å². The van der Waals surface area contributed by atoms with E-state index in [1.807, 2.05) is 0 Å². The Balaban J connectivity index is 2.53. The fourth-order valence-corrected chi connectivity index (χ4v) is 1.21. The molecule has 13 heavy (non-hydrogen) atoms. The minimum absolute atomic E-state index is 0.0810. The Morgan fingerprint density at radius 1 is 1.69 bits per heavy atom. The fraction of sp³-hybridized carbons (Fsp3) is 0.750. The molecular weight excluding hydrogens is 166 g/mol. The first kappa shape index (κ1) is 10.1. The Hall–Kier alpha value is -0.940. The van der Waals surface area contributed by atoms with Gasteiger partial charge in [0.05, 0.1) is 6.04 Å². The number of aromatic amines is 1. The summed E-state index contributed by atoms with van der Waals surface area (Å²) < 4.78 is 0. The van der Waals surface area contributed by atoms with Crippen LogP contribution in [0.1, 0.15) is 38.6 Å². The van der Waals surface area contributed by atoms with Crippen LogP contribution in [-0.4, -0.2) is 15.2 Å². The van der Waals surface area contributed by atoms with Gasteiger partial charge in [0.1, 0.15) is 12.2 Å². The number of H-pyrrole nitrogens is 1. The van der Waals surface area contributed by atoms with Crippen molar-refractivity contribution >= 4 is 0 Å². The lowest BCUT2D eigenvalue weighted by molar-refractivity contribution is 0.395. The van der Waals surface area contributed by atoms with E-state index >= 15 is 0 Å². The smallest absolute Gasteiger partial charge is 0.142 e. The molecule has 0 radical (unpaired) electrons. The van der Waals surface area contributed by atoms with E-state index in [1.54, 1.807) is 0 Å². The largest absolute Gasteiger partial charge is 0.271 e. The lowest BCUT2D eigenvalue weighted by atomic mass is 9.99. The van der Waals surface area contributed by atoms with Crippen LogP contribution in [-0.2, 0) is 0 Å². The lowest BCUT2D eigenvalue weighted by Gasteiger charge is -2.16. The van der Waals surface area contributed by atoms with Crippen molar-refractivity contribution in [1.82, 2.24) is 20.6 Å². The third-order valence-electron chi connectivity index (χ3n) is 2.30. The normalized spacial score (nSPS) is 15.6. The maximum absolute atomic E-state index is 5.43. The third kappa shape index (κ3) is 2.78. The van der Waals surface area contributed by atoms with Crippen LogP contribution in [0.5, 0.6) is 0 Å². The fourth-order valence-electron chi connectivity index (χ4n) is 1.21. The van der Waals surface area contributed by atoms with E-state index in [4.69, 9.17) is 5.84 Å². The summed E-state index contributed by atoms with van der Waals surface area (Å²) in [5, 5.41) is 6.61. The number of hydrogen-bond donors (Lipinski definition) is 3. The Morgan fingerprint density at radius 3 is 2.92 bits per heavy atom. The summed E-state index contributed by atoms with van der Waals surface area (Å²) in [4.78, 5) is 4.07. The van der Waals surface area contributed by atoms with Gasteiger partial charge in [0.25, 0.3) is 0 Å². The molecule has 0 spiro atoms. The maximum Gasteiger partial charge on any atom is 0.142 e. The molecular formula is C8H17N5. The maximum atomic E-state index is 5.43. The summed E-state index contributed by atoms with van der Waals surface area (Å²) in [6.45, 7) is 4.36. The number of nitrogens with two attached hydrogens (primary N) is 1. The topological polar surface area (TPSA) is 79.6 Å². The second-order valence-electron chi connectivity index (χ2n) is 3.34. The Kier molecular flexibility index (Phi) is 3.85. The van der Waals surface area contributed by atoms with Gasteiger partial charge in [-0.1, -0.05) is 20.3 Å². The standard InChI is InChI=1S/C8H17N5/c1-3-6(2)4-7(12-9)8-10-5-11-13-8/h5-7,12H,3-4,9H2,1-2H3,(H,10,11,13). The minimum atomic E-state index is 0.0810. The van der Waals surface area contributed by atoms with Crippen molar-refractivity contribution in [3.05, 3.63) is 12.2 Å². The number of rotatable bonds is 5. The van der Waals surface area contributed by atoms with Gasteiger partial charge >= 0.3 is 0 Å². The highest BCUT2D eigenvalue weighted by Gasteiger charge is 2.14. The number of nitrogens with zero attached hydrogens (tertiary/aromatic N) is 2. The van der Waals surface area contributed by atoms with Gasteiger partial charge in [-0.05, 0) is 12.3 Å². The molecule has 1 aromatic heterocycles. The Labute approximate surface area is 78.1 Å². The van der Waals surface area contributed by atoms with E-state index < -0.39 is 0 Å². The van der Waals surface area contributed by atoms with E-state index in [2.05, 4.69) is 34.5 Å². The number of nitrogens with one attached hydrogen (secondary N) is 2. The van der Waals surface area contributed by atoms with Crippen molar-refractivity contribution in [1.29, 1.82) is 0 Å². The van der Waals surface area contributed by atoms with E-state index in [0.717, 1.165) is 18.7 Å². The highest BCUT2D eigenvalue weighted by Crippen LogP contribution is 2.18. The summed E-state index contributed by atoms with van der Waals surface area (Å²) in [5.41, 5.74) is 2.74. The molecule has 5 heteroatoms. The zero-order chi connectivity index (χ0) is 9.68. The van der Waals surface area contributed by atoms with Crippen LogP contribution in [0.15, 0.2) is 6.33 Å². The molecule has 0 fully saturated rings. The molecule has 74 valence electrons. The first-order valence-electron chi connectivity index (χ1n) is 4.59. The average Bonchev–Trinajstić information content (AvgIpc) is 2.66. The number of hydrazine groups is 1. The van der Waals surface area contributed by atoms with Gasteiger partial charge in [0.15, 0.2) is 0 Å². The molecule has 0 saturated carbocycles. The molecule has 1 heterocycles. The van der Waals surface area contributed by atoms with Gasteiger partial charge in [-0.2, -0.15) is 5.10 Å². The van der Waals surface area contributed by atoms with Crippen LogP contribution < -0.4 is 11.3 Å². The summed E-state index contributed by atoms with van der Waals surface area (Å²) in [5.74, 6) is 6.87. The van der Waals surface area contributed by atoms with Crippen molar-refractivity contribution in [2.24, 2.45) is 11.8 Å². The summed E-state index contributed by atoms with van der Waals surface area (Å²) in [6, 6.07) is 0.0810. The molecule has 1 aromatic rings. The molecule has 0 bridgehead atoms. The molecule has 0 aliphatic carbocycles. The van der Waals surface area contributed by atoms with Crippen LogP contribution in [0, 0.1) is 5.92 Å². The quantitative estimate of drug-likeness (QED) is 0.465. The van der Waals surface area contributed by atoms with Crippen LogP contribution in [0.3, 0.4) is 0 Å². The monoisotopic (exact) mass is 183 g/mol. The molecule has 2 atom stereocenters. The third-order valence-corrected chi connectivity index (χ3v) is 2.30. The van der Waals surface area contributed by atoms with Crippen LogP contribution in [0.2, 0.25) is 0 Å². The van der Waals surface area contributed by atoms with E-state index in [-0.39, 0.29) is 6.04 Å². The predicted molar refractivity (Wildman–Crippen MR) is 50.5 cm³/mol. The number of aromatic nitrogens is 3. The van der Waals surface area contributed by atoms with Crippen molar-refractivity contribution < 1.29 is 0 Å². The molecule has 4 N–H and O–H groups in total. The van der Waals surface area contributed by atoms with E-state index in [1.165, 1.54) is 6.33 Å². The van der Waals surface area contributed by atoms with Crippen molar-refractivity contribution in [2.75, 3.05) is 0 Å². The van der Waals surface area contributed by atoms with Gasteiger partial charge in [-0.25, -0.2) is 10.4 Å². The first-order chi connectivity index (χ1) is 6.27. The second kappa shape index (κ2) is 4.94. The van der Waals surface area contributed by atoms with Crippen molar-refractivity contribution in [2.45, 2.75) is 32.7 Å². The summed E-state index contributed by atoms with van der Waals surface area (Å²) >= 11 is 0. The van der Waals surface area contributed by atoms with Gasteiger partial charge in [0, 0.05) is 0 Å². The molecule has 5 nitrogen and oxygen atoms in total. The van der Waals surface area contributed by atoms with Gasteiger partial charge in [-0.3, -0.25) is 10.9 Å². The highest BCUT2D eigenvalue weighted by atomic mass is 15.3.